The van der Waals surface area contributed by atoms with Crippen LogP contribution >= 0.6 is 0 Å². The average molecular weight is 238 g/mol. The van der Waals surface area contributed by atoms with Crippen molar-refractivity contribution in [2.45, 2.75) is 13.1 Å². The minimum atomic E-state index is -0.0523. The number of aromatic nitrogens is 1. The lowest BCUT2D eigenvalue weighted by Crippen LogP contribution is -2.32. The molecule has 0 radical (unpaired) electrons. The molecule has 1 aromatic heterocycles. The predicted molar refractivity (Wildman–Crippen MR) is 71.0 cm³/mol. The Hall–Kier alpha value is -2.20. The smallest absolute Gasteiger partial charge is 0.163 e. The SMILES string of the molecule is Cc1ccnc(C2=NC(c3ccccc3)NN2)c1. The molecule has 1 atom stereocenters. The topological polar surface area (TPSA) is 49.3 Å². The van der Waals surface area contributed by atoms with Crippen molar-refractivity contribution in [3.8, 4) is 0 Å². The third-order valence-electron chi connectivity index (χ3n) is 2.86. The van der Waals surface area contributed by atoms with Crippen molar-refractivity contribution in [3.63, 3.8) is 0 Å². The summed E-state index contributed by atoms with van der Waals surface area (Å²) in [6, 6.07) is 14.1. The van der Waals surface area contributed by atoms with Crippen LogP contribution in [0.3, 0.4) is 0 Å². The molecule has 4 heteroatoms. The number of benzene rings is 1. The van der Waals surface area contributed by atoms with Gasteiger partial charge in [-0.3, -0.25) is 4.98 Å². The zero-order valence-corrected chi connectivity index (χ0v) is 10.1. The van der Waals surface area contributed by atoms with Crippen LogP contribution in [0.25, 0.3) is 0 Å². The molecule has 0 amide bonds. The van der Waals surface area contributed by atoms with Gasteiger partial charge >= 0.3 is 0 Å². The molecule has 18 heavy (non-hydrogen) atoms. The number of nitrogens with zero attached hydrogens (tertiary/aromatic N) is 2. The minimum absolute atomic E-state index is 0.0523. The molecule has 0 fully saturated rings. The van der Waals surface area contributed by atoms with Crippen LogP contribution in [-0.4, -0.2) is 10.8 Å². The van der Waals surface area contributed by atoms with Crippen molar-refractivity contribution in [2.75, 3.05) is 0 Å². The fraction of sp³-hybridized carbons (Fsp3) is 0.143. The lowest BCUT2D eigenvalue weighted by atomic mass is 10.2. The Bertz CT molecular complexity index is 577. The average Bonchev–Trinajstić information content (AvgIpc) is 2.89. The molecular weight excluding hydrogens is 224 g/mol. The van der Waals surface area contributed by atoms with Crippen LogP contribution in [-0.2, 0) is 0 Å². The fourth-order valence-electron chi connectivity index (χ4n) is 1.92. The Morgan fingerprint density at radius 1 is 1.11 bits per heavy atom. The van der Waals surface area contributed by atoms with Gasteiger partial charge in [0.25, 0.3) is 0 Å². The van der Waals surface area contributed by atoms with Crippen molar-refractivity contribution >= 4 is 5.84 Å². The number of hydrogen-bond acceptors (Lipinski definition) is 4. The van der Waals surface area contributed by atoms with Crippen molar-refractivity contribution in [1.29, 1.82) is 0 Å². The maximum Gasteiger partial charge on any atom is 0.163 e. The van der Waals surface area contributed by atoms with Gasteiger partial charge in [0.2, 0.25) is 0 Å². The summed E-state index contributed by atoms with van der Waals surface area (Å²) in [6.45, 7) is 2.04. The van der Waals surface area contributed by atoms with Gasteiger partial charge in [0.15, 0.2) is 5.84 Å². The molecule has 0 aliphatic carbocycles. The van der Waals surface area contributed by atoms with E-state index in [4.69, 9.17) is 0 Å². The van der Waals surface area contributed by atoms with Crippen LogP contribution in [0.4, 0.5) is 0 Å². The molecule has 1 unspecified atom stereocenters. The summed E-state index contributed by atoms with van der Waals surface area (Å²) in [5.41, 5.74) is 9.40. The highest BCUT2D eigenvalue weighted by Crippen LogP contribution is 2.17. The highest BCUT2D eigenvalue weighted by atomic mass is 15.5. The van der Waals surface area contributed by atoms with E-state index in [-0.39, 0.29) is 6.17 Å². The molecule has 0 bridgehead atoms. The summed E-state index contributed by atoms with van der Waals surface area (Å²) >= 11 is 0. The summed E-state index contributed by atoms with van der Waals surface area (Å²) in [7, 11) is 0. The number of aryl methyl sites for hydroxylation is 1. The van der Waals surface area contributed by atoms with E-state index < -0.39 is 0 Å². The number of hydrogen-bond donors (Lipinski definition) is 2. The molecule has 2 N–H and O–H groups in total. The van der Waals surface area contributed by atoms with Crippen LogP contribution in [0.1, 0.15) is 23.0 Å². The van der Waals surface area contributed by atoms with E-state index in [1.165, 1.54) is 5.56 Å². The van der Waals surface area contributed by atoms with Gasteiger partial charge in [-0.25, -0.2) is 10.4 Å². The summed E-state index contributed by atoms with van der Waals surface area (Å²) in [5.74, 6) is 0.785. The van der Waals surface area contributed by atoms with Gasteiger partial charge in [0.1, 0.15) is 11.9 Å². The molecule has 3 rings (SSSR count). The van der Waals surface area contributed by atoms with Gasteiger partial charge < -0.3 is 5.43 Å². The van der Waals surface area contributed by atoms with Crippen LogP contribution < -0.4 is 10.9 Å². The van der Waals surface area contributed by atoms with Gasteiger partial charge in [-0.2, -0.15) is 0 Å². The third-order valence-corrected chi connectivity index (χ3v) is 2.86. The zero-order valence-electron chi connectivity index (χ0n) is 10.1. The molecular formula is C14H14N4. The molecule has 2 heterocycles. The summed E-state index contributed by atoms with van der Waals surface area (Å²) in [5, 5.41) is 0. The molecule has 1 aliphatic rings. The van der Waals surface area contributed by atoms with Crippen LogP contribution in [0.15, 0.2) is 53.7 Å². The number of amidine groups is 1. The van der Waals surface area contributed by atoms with E-state index in [0.29, 0.717) is 0 Å². The highest BCUT2D eigenvalue weighted by molar-refractivity contribution is 5.97. The molecule has 0 saturated carbocycles. The van der Waals surface area contributed by atoms with Crippen molar-refractivity contribution < 1.29 is 0 Å². The quantitative estimate of drug-likeness (QED) is 0.840. The second-order valence-corrected chi connectivity index (χ2v) is 4.28. The van der Waals surface area contributed by atoms with Crippen molar-refractivity contribution in [2.24, 2.45) is 4.99 Å². The third kappa shape index (κ3) is 2.10. The minimum Gasteiger partial charge on any atom is -0.302 e. The van der Waals surface area contributed by atoms with Gasteiger partial charge in [0, 0.05) is 6.20 Å². The number of hydrazine groups is 1. The standard InChI is InChI=1S/C14H14N4/c1-10-7-8-15-12(9-10)14-16-13(17-18-14)11-5-3-2-4-6-11/h2-9,13,17H,1H3,(H,16,18). The number of nitrogens with one attached hydrogen (secondary N) is 2. The van der Waals surface area contributed by atoms with Crippen LogP contribution in [0.5, 0.6) is 0 Å². The summed E-state index contributed by atoms with van der Waals surface area (Å²) in [6.07, 6.45) is 1.74. The molecule has 4 nitrogen and oxygen atoms in total. The van der Waals surface area contributed by atoms with Crippen molar-refractivity contribution in [3.05, 3.63) is 65.5 Å². The Kier molecular flexibility index (Phi) is 2.78. The van der Waals surface area contributed by atoms with E-state index in [1.54, 1.807) is 6.20 Å². The Morgan fingerprint density at radius 3 is 2.72 bits per heavy atom. The van der Waals surface area contributed by atoms with Crippen LogP contribution in [0, 0.1) is 6.92 Å². The molecule has 0 spiro atoms. The zero-order chi connectivity index (χ0) is 12.4. The van der Waals surface area contributed by atoms with Gasteiger partial charge in [-0.05, 0) is 30.2 Å². The van der Waals surface area contributed by atoms with Crippen molar-refractivity contribution in [1.82, 2.24) is 15.8 Å². The molecule has 1 aromatic carbocycles. The number of pyridine rings is 1. The van der Waals surface area contributed by atoms with E-state index in [9.17, 15) is 0 Å². The fourth-order valence-corrected chi connectivity index (χ4v) is 1.92. The first-order valence-corrected chi connectivity index (χ1v) is 5.90. The largest absolute Gasteiger partial charge is 0.302 e. The maximum absolute atomic E-state index is 4.60. The molecule has 0 saturated heterocycles. The van der Waals surface area contributed by atoms with E-state index in [2.05, 4.69) is 33.0 Å². The van der Waals surface area contributed by atoms with E-state index in [0.717, 1.165) is 17.1 Å². The Labute approximate surface area is 106 Å². The van der Waals surface area contributed by atoms with E-state index >= 15 is 0 Å². The number of aliphatic imine (C=N–C) groups is 1. The Morgan fingerprint density at radius 2 is 1.94 bits per heavy atom. The van der Waals surface area contributed by atoms with Gasteiger partial charge in [-0.1, -0.05) is 30.3 Å². The lowest BCUT2D eigenvalue weighted by molar-refractivity contribution is 0.575. The first kappa shape index (κ1) is 10.9. The molecule has 1 aliphatic heterocycles. The second-order valence-electron chi connectivity index (χ2n) is 4.28. The summed E-state index contributed by atoms with van der Waals surface area (Å²) in [4.78, 5) is 8.92. The predicted octanol–water partition coefficient (Wildman–Crippen LogP) is 1.94. The monoisotopic (exact) mass is 238 g/mol. The van der Waals surface area contributed by atoms with Gasteiger partial charge in [0.05, 0.1) is 0 Å². The van der Waals surface area contributed by atoms with Gasteiger partial charge in [-0.15, -0.1) is 0 Å². The first-order chi connectivity index (χ1) is 8.83. The van der Waals surface area contributed by atoms with Crippen LogP contribution in [0.2, 0.25) is 0 Å². The highest BCUT2D eigenvalue weighted by Gasteiger charge is 2.19. The van der Waals surface area contributed by atoms with E-state index in [1.807, 2.05) is 37.3 Å². The molecule has 2 aromatic rings. The normalized spacial score (nSPS) is 18.3. The first-order valence-electron chi connectivity index (χ1n) is 5.90. The lowest BCUT2D eigenvalue weighted by Gasteiger charge is -2.06. The summed E-state index contributed by atoms with van der Waals surface area (Å²) < 4.78 is 0. The second kappa shape index (κ2) is 4.58. The maximum atomic E-state index is 4.60. The Balaban J connectivity index is 1.88. The molecule has 90 valence electrons. The number of rotatable bonds is 2.